The minimum Gasteiger partial charge on any atom is -0.493 e. The highest BCUT2D eigenvalue weighted by Crippen LogP contribution is 2.23. The number of hydrogen-bond acceptors (Lipinski definition) is 4. The molecule has 2 heterocycles. The molecule has 0 atom stereocenters. The number of rotatable bonds is 5. The summed E-state index contributed by atoms with van der Waals surface area (Å²) in [5.41, 5.74) is 2.03. The van der Waals surface area contributed by atoms with Gasteiger partial charge in [0, 0.05) is 10.2 Å². The summed E-state index contributed by atoms with van der Waals surface area (Å²) in [7, 11) is 0. The number of hydrogen-bond donors (Lipinski definition) is 1. The molecule has 0 spiro atoms. The number of H-pyrrole nitrogens is 1. The number of ether oxygens (including phenoxy) is 1. The van der Waals surface area contributed by atoms with Crippen molar-refractivity contribution in [3.8, 4) is 5.75 Å². The molecule has 4 rings (SSSR count). The lowest BCUT2D eigenvalue weighted by Crippen LogP contribution is -2.00. The van der Waals surface area contributed by atoms with Gasteiger partial charge in [0.05, 0.1) is 17.6 Å². The van der Waals surface area contributed by atoms with E-state index in [2.05, 4.69) is 31.1 Å². The molecule has 0 aliphatic heterocycles. The van der Waals surface area contributed by atoms with Crippen molar-refractivity contribution < 1.29 is 4.74 Å². The van der Waals surface area contributed by atoms with Crippen molar-refractivity contribution in [1.29, 1.82) is 0 Å². The van der Waals surface area contributed by atoms with Crippen LogP contribution in [0.2, 0.25) is 0 Å². The molecular formula is C16H13BrN4OS. The third-order valence-corrected chi connectivity index (χ3v) is 4.83. The molecule has 23 heavy (non-hydrogen) atoms. The number of imidazole rings is 1. The number of nitrogens with zero attached hydrogens (tertiary/aromatic N) is 3. The Hall–Kier alpha value is -1.99. The van der Waals surface area contributed by atoms with E-state index >= 15 is 0 Å². The lowest BCUT2D eigenvalue weighted by molar-refractivity contribution is 0.344. The predicted octanol–water partition coefficient (Wildman–Crippen LogP) is 4.14. The van der Waals surface area contributed by atoms with Gasteiger partial charge in [-0.3, -0.25) is 4.40 Å². The lowest BCUT2D eigenvalue weighted by atomic mass is 10.3. The summed E-state index contributed by atoms with van der Waals surface area (Å²) < 4.78 is 8.82. The van der Waals surface area contributed by atoms with Gasteiger partial charge in [-0.25, -0.2) is 10.1 Å². The van der Waals surface area contributed by atoms with Gasteiger partial charge < -0.3 is 4.74 Å². The van der Waals surface area contributed by atoms with Crippen LogP contribution in [-0.4, -0.2) is 31.9 Å². The first kappa shape index (κ1) is 14.6. The molecular weight excluding hydrogens is 376 g/mol. The molecule has 0 radical (unpaired) electrons. The Morgan fingerprint density at radius 1 is 1.13 bits per heavy atom. The van der Waals surface area contributed by atoms with E-state index in [1.807, 2.05) is 52.9 Å². The zero-order valence-electron chi connectivity index (χ0n) is 12.1. The number of fused-ring (bicyclic) bond motifs is 3. The summed E-state index contributed by atoms with van der Waals surface area (Å²) in [5, 5.41) is 8.21. The molecule has 0 aliphatic rings. The highest BCUT2D eigenvalue weighted by Gasteiger charge is 2.11. The van der Waals surface area contributed by atoms with Crippen LogP contribution in [0.1, 0.15) is 0 Å². The SMILES string of the molecule is Brc1ccc(OCCSc2n[nH]c3nc4ccccc4n23)cc1. The van der Waals surface area contributed by atoms with Crippen LogP contribution in [0.3, 0.4) is 0 Å². The van der Waals surface area contributed by atoms with Gasteiger partial charge in [-0.1, -0.05) is 39.8 Å². The van der Waals surface area contributed by atoms with Crippen LogP contribution in [-0.2, 0) is 0 Å². The maximum Gasteiger partial charge on any atom is 0.231 e. The van der Waals surface area contributed by atoms with Crippen LogP contribution in [0.25, 0.3) is 16.8 Å². The second-order valence-corrected chi connectivity index (χ2v) is 6.89. The van der Waals surface area contributed by atoms with Crippen molar-refractivity contribution >= 4 is 44.5 Å². The van der Waals surface area contributed by atoms with Crippen molar-refractivity contribution in [2.75, 3.05) is 12.4 Å². The first-order valence-corrected chi connectivity index (χ1v) is 8.92. The van der Waals surface area contributed by atoms with Crippen LogP contribution in [0.15, 0.2) is 58.2 Å². The average Bonchev–Trinajstić information content (AvgIpc) is 3.13. The second kappa shape index (κ2) is 6.25. The van der Waals surface area contributed by atoms with Crippen molar-refractivity contribution in [3.05, 3.63) is 53.0 Å². The monoisotopic (exact) mass is 388 g/mol. The molecule has 0 saturated heterocycles. The maximum atomic E-state index is 5.74. The number of halogens is 1. The molecule has 116 valence electrons. The average molecular weight is 389 g/mol. The third kappa shape index (κ3) is 2.94. The van der Waals surface area contributed by atoms with Crippen LogP contribution >= 0.6 is 27.7 Å². The highest BCUT2D eigenvalue weighted by molar-refractivity contribution is 9.10. The van der Waals surface area contributed by atoms with E-state index in [1.54, 1.807) is 11.8 Å². The summed E-state index contributed by atoms with van der Waals surface area (Å²) >= 11 is 5.06. The topological polar surface area (TPSA) is 55.2 Å². The van der Waals surface area contributed by atoms with Gasteiger partial charge in [-0.15, -0.1) is 5.10 Å². The summed E-state index contributed by atoms with van der Waals surface area (Å²) in [6.07, 6.45) is 0. The molecule has 4 aromatic rings. The Labute approximate surface area is 145 Å². The molecule has 0 unspecified atom stereocenters. The fourth-order valence-electron chi connectivity index (χ4n) is 2.36. The van der Waals surface area contributed by atoms with Crippen molar-refractivity contribution in [1.82, 2.24) is 19.6 Å². The Morgan fingerprint density at radius 3 is 2.83 bits per heavy atom. The van der Waals surface area contributed by atoms with E-state index in [0.717, 1.165) is 37.9 Å². The number of aromatic nitrogens is 4. The van der Waals surface area contributed by atoms with Gasteiger partial charge in [0.1, 0.15) is 5.75 Å². The largest absolute Gasteiger partial charge is 0.493 e. The van der Waals surface area contributed by atoms with Crippen LogP contribution in [0.4, 0.5) is 0 Å². The Bertz CT molecular complexity index is 948. The summed E-state index contributed by atoms with van der Waals surface area (Å²) in [6.45, 7) is 0.618. The lowest BCUT2D eigenvalue weighted by Gasteiger charge is -2.05. The number of nitrogens with one attached hydrogen (secondary N) is 1. The normalized spacial score (nSPS) is 11.3. The fourth-order valence-corrected chi connectivity index (χ4v) is 3.40. The molecule has 2 aromatic carbocycles. The molecule has 0 bridgehead atoms. The number of thioether (sulfide) groups is 1. The Kier molecular flexibility index (Phi) is 3.97. The zero-order chi connectivity index (χ0) is 15.6. The highest BCUT2D eigenvalue weighted by atomic mass is 79.9. The van der Waals surface area contributed by atoms with Crippen molar-refractivity contribution in [2.24, 2.45) is 0 Å². The van der Waals surface area contributed by atoms with Crippen LogP contribution in [0.5, 0.6) is 5.75 Å². The van der Waals surface area contributed by atoms with Gasteiger partial charge in [0.25, 0.3) is 0 Å². The standard InChI is InChI=1S/C16H13BrN4OS/c17-11-5-7-12(8-6-11)22-9-10-23-16-20-19-15-18-13-3-1-2-4-14(13)21(15)16/h1-8H,9-10H2,(H,18,19). The molecule has 5 nitrogen and oxygen atoms in total. The number of benzene rings is 2. The second-order valence-electron chi connectivity index (χ2n) is 4.92. The van der Waals surface area contributed by atoms with Gasteiger partial charge in [0.2, 0.25) is 5.78 Å². The zero-order valence-corrected chi connectivity index (χ0v) is 14.5. The first-order valence-electron chi connectivity index (χ1n) is 7.14. The van der Waals surface area contributed by atoms with Crippen LogP contribution in [0, 0.1) is 0 Å². The Morgan fingerprint density at radius 2 is 1.96 bits per heavy atom. The molecule has 0 amide bonds. The summed E-state index contributed by atoms with van der Waals surface area (Å²) in [6, 6.07) is 15.9. The number of aromatic amines is 1. The van der Waals surface area contributed by atoms with E-state index < -0.39 is 0 Å². The van der Waals surface area contributed by atoms with Crippen molar-refractivity contribution in [2.45, 2.75) is 5.16 Å². The van der Waals surface area contributed by atoms with Gasteiger partial charge in [0.15, 0.2) is 5.16 Å². The van der Waals surface area contributed by atoms with E-state index in [9.17, 15) is 0 Å². The molecule has 0 aliphatic carbocycles. The number of para-hydroxylation sites is 2. The van der Waals surface area contributed by atoms with E-state index in [0.29, 0.717) is 6.61 Å². The van der Waals surface area contributed by atoms with E-state index in [-0.39, 0.29) is 0 Å². The minimum absolute atomic E-state index is 0.618. The molecule has 2 aromatic heterocycles. The van der Waals surface area contributed by atoms with Gasteiger partial charge >= 0.3 is 0 Å². The summed E-state index contributed by atoms with van der Waals surface area (Å²) in [5.74, 6) is 2.44. The minimum atomic E-state index is 0.618. The van der Waals surface area contributed by atoms with Crippen molar-refractivity contribution in [3.63, 3.8) is 0 Å². The first-order chi connectivity index (χ1) is 11.3. The third-order valence-electron chi connectivity index (χ3n) is 3.40. The molecule has 0 fully saturated rings. The van der Waals surface area contributed by atoms with Gasteiger partial charge in [-0.05, 0) is 36.4 Å². The molecule has 1 N–H and O–H groups in total. The van der Waals surface area contributed by atoms with Gasteiger partial charge in [-0.2, -0.15) is 0 Å². The molecule has 0 saturated carbocycles. The van der Waals surface area contributed by atoms with E-state index in [4.69, 9.17) is 4.74 Å². The summed E-state index contributed by atoms with van der Waals surface area (Å²) in [4.78, 5) is 4.52. The smallest absolute Gasteiger partial charge is 0.231 e. The fraction of sp³-hybridized carbons (Fsp3) is 0.125. The maximum absolute atomic E-state index is 5.74. The quantitative estimate of drug-likeness (QED) is 0.412. The molecule has 7 heteroatoms. The Balaban J connectivity index is 1.45. The van der Waals surface area contributed by atoms with Crippen LogP contribution < -0.4 is 4.74 Å². The predicted molar refractivity (Wildman–Crippen MR) is 95.2 cm³/mol. The van der Waals surface area contributed by atoms with E-state index in [1.165, 1.54) is 0 Å².